The predicted molar refractivity (Wildman–Crippen MR) is 132 cm³/mol. The Morgan fingerprint density at radius 1 is 1.14 bits per heavy atom. The van der Waals surface area contributed by atoms with E-state index < -0.39 is 0 Å². The first-order chi connectivity index (χ1) is 13.0. The average molecular weight is 513 g/mol. The predicted octanol–water partition coefficient (Wildman–Crippen LogP) is 3.93. The van der Waals surface area contributed by atoms with Crippen molar-refractivity contribution in [1.82, 2.24) is 15.2 Å². The van der Waals surface area contributed by atoms with E-state index in [1.807, 2.05) is 7.05 Å². The second kappa shape index (κ2) is 10.4. The Balaban J connectivity index is 0.00000280. The summed E-state index contributed by atoms with van der Waals surface area (Å²) in [5.74, 6) is 1.01. The van der Waals surface area contributed by atoms with Gasteiger partial charge in [-0.05, 0) is 44.9 Å². The van der Waals surface area contributed by atoms with Crippen molar-refractivity contribution in [2.75, 3.05) is 44.7 Å². The SMILES string of the molecule is CN=C(NCCc1sc(C)nc1C)N1CCN(c2cccc(C)c2C)CC1.I. The topological polar surface area (TPSA) is 43.8 Å². The first-order valence-electron chi connectivity index (χ1n) is 9.69. The third kappa shape index (κ3) is 5.37. The number of halogens is 1. The molecule has 0 saturated carbocycles. The number of piperazine rings is 1. The Morgan fingerprint density at radius 2 is 1.86 bits per heavy atom. The number of hydrogen-bond donors (Lipinski definition) is 1. The lowest BCUT2D eigenvalue weighted by molar-refractivity contribution is 0.373. The average Bonchev–Trinajstić information content (AvgIpc) is 2.98. The first-order valence-corrected chi connectivity index (χ1v) is 10.5. The van der Waals surface area contributed by atoms with Crippen LogP contribution in [0.2, 0.25) is 0 Å². The smallest absolute Gasteiger partial charge is 0.193 e. The molecule has 2 heterocycles. The summed E-state index contributed by atoms with van der Waals surface area (Å²) in [7, 11) is 1.88. The lowest BCUT2D eigenvalue weighted by Gasteiger charge is -2.38. The summed E-state index contributed by atoms with van der Waals surface area (Å²) < 4.78 is 0. The summed E-state index contributed by atoms with van der Waals surface area (Å²) in [5.41, 5.74) is 5.29. The fourth-order valence-corrected chi connectivity index (χ4v) is 4.60. The van der Waals surface area contributed by atoms with Gasteiger partial charge in [-0.3, -0.25) is 4.99 Å². The number of aliphatic imine (C=N–C) groups is 1. The minimum Gasteiger partial charge on any atom is -0.368 e. The number of nitrogens with one attached hydrogen (secondary N) is 1. The van der Waals surface area contributed by atoms with Crippen molar-refractivity contribution < 1.29 is 0 Å². The normalized spacial score (nSPS) is 14.8. The molecule has 0 aliphatic carbocycles. The molecule has 3 rings (SSSR count). The molecule has 1 N–H and O–H groups in total. The number of anilines is 1. The van der Waals surface area contributed by atoms with E-state index in [0.29, 0.717) is 0 Å². The van der Waals surface area contributed by atoms with Crippen LogP contribution in [0.4, 0.5) is 5.69 Å². The third-order valence-corrected chi connectivity index (χ3v) is 6.48. The maximum absolute atomic E-state index is 4.51. The summed E-state index contributed by atoms with van der Waals surface area (Å²) >= 11 is 1.80. The van der Waals surface area contributed by atoms with Crippen LogP contribution in [0.1, 0.15) is 26.7 Å². The van der Waals surface area contributed by atoms with Gasteiger partial charge in [0.1, 0.15) is 0 Å². The van der Waals surface area contributed by atoms with Crippen LogP contribution in [0.5, 0.6) is 0 Å². The summed E-state index contributed by atoms with van der Waals surface area (Å²) in [4.78, 5) is 15.2. The molecule has 1 aromatic carbocycles. The Kier molecular flexibility index (Phi) is 8.55. The van der Waals surface area contributed by atoms with E-state index in [9.17, 15) is 0 Å². The van der Waals surface area contributed by atoms with Gasteiger partial charge in [-0.2, -0.15) is 0 Å². The summed E-state index contributed by atoms with van der Waals surface area (Å²) in [5, 5.41) is 4.68. The number of thiazole rings is 1. The Bertz CT molecular complexity index is 809. The van der Waals surface area contributed by atoms with E-state index in [0.717, 1.165) is 55.8 Å². The van der Waals surface area contributed by atoms with Crippen molar-refractivity contribution in [3.05, 3.63) is 44.9 Å². The van der Waals surface area contributed by atoms with Crippen LogP contribution in [0.25, 0.3) is 0 Å². The van der Waals surface area contributed by atoms with Crippen molar-refractivity contribution >= 4 is 47.0 Å². The molecule has 1 aliphatic rings. The molecule has 1 fully saturated rings. The molecule has 0 spiro atoms. The van der Waals surface area contributed by atoms with Gasteiger partial charge in [0.25, 0.3) is 0 Å². The molecule has 5 nitrogen and oxygen atoms in total. The molecule has 0 bridgehead atoms. The molecule has 1 saturated heterocycles. The van der Waals surface area contributed by atoms with E-state index in [-0.39, 0.29) is 24.0 Å². The van der Waals surface area contributed by atoms with E-state index >= 15 is 0 Å². The molecule has 0 radical (unpaired) electrons. The molecule has 2 aromatic rings. The second-order valence-electron chi connectivity index (χ2n) is 7.16. The first kappa shape index (κ1) is 22.9. The molecule has 1 aromatic heterocycles. The lowest BCUT2D eigenvalue weighted by atomic mass is 10.1. The van der Waals surface area contributed by atoms with Gasteiger partial charge < -0.3 is 15.1 Å². The van der Waals surface area contributed by atoms with Crippen LogP contribution in [-0.2, 0) is 6.42 Å². The maximum Gasteiger partial charge on any atom is 0.193 e. The maximum atomic E-state index is 4.51. The molecule has 154 valence electrons. The zero-order chi connectivity index (χ0) is 19.4. The van der Waals surface area contributed by atoms with Crippen LogP contribution in [-0.4, -0.2) is 55.6 Å². The van der Waals surface area contributed by atoms with Crippen molar-refractivity contribution in [3.63, 3.8) is 0 Å². The molecule has 0 unspecified atom stereocenters. The van der Waals surface area contributed by atoms with Crippen LogP contribution in [0.3, 0.4) is 0 Å². The van der Waals surface area contributed by atoms with Crippen LogP contribution in [0.15, 0.2) is 23.2 Å². The van der Waals surface area contributed by atoms with Gasteiger partial charge in [-0.1, -0.05) is 12.1 Å². The number of nitrogens with zero attached hydrogens (tertiary/aromatic N) is 4. The number of aryl methyl sites for hydroxylation is 3. The molecule has 28 heavy (non-hydrogen) atoms. The van der Waals surface area contributed by atoms with Gasteiger partial charge in [0, 0.05) is 56.8 Å². The van der Waals surface area contributed by atoms with Crippen molar-refractivity contribution in [2.45, 2.75) is 34.1 Å². The molecular formula is C21H32IN5S. The monoisotopic (exact) mass is 513 g/mol. The lowest BCUT2D eigenvalue weighted by Crippen LogP contribution is -2.53. The minimum atomic E-state index is 0. The van der Waals surface area contributed by atoms with Crippen LogP contribution in [0, 0.1) is 27.7 Å². The molecule has 0 amide bonds. The zero-order valence-corrected chi connectivity index (χ0v) is 20.7. The van der Waals surface area contributed by atoms with E-state index in [2.05, 4.69) is 71.0 Å². The van der Waals surface area contributed by atoms with Gasteiger partial charge in [-0.25, -0.2) is 4.98 Å². The quantitative estimate of drug-likeness (QED) is 0.382. The number of hydrogen-bond acceptors (Lipinski definition) is 4. The fraction of sp³-hybridized carbons (Fsp3) is 0.524. The molecule has 0 atom stereocenters. The van der Waals surface area contributed by atoms with E-state index in [1.165, 1.54) is 21.7 Å². The Labute approximate surface area is 190 Å². The zero-order valence-electron chi connectivity index (χ0n) is 17.6. The standard InChI is InChI=1S/C21H31N5S.HI/c1-15-7-6-8-19(16(15)2)25-11-13-26(14-12-25)21(22-5)23-10-9-20-17(3)24-18(4)27-20;/h6-8H,9-14H2,1-5H3,(H,22,23);1H. The van der Waals surface area contributed by atoms with Gasteiger partial charge in [0.15, 0.2) is 5.96 Å². The Hall–Kier alpha value is -1.35. The molecular weight excluding hydrogens is 481 g/mol. The van der Waals surface area contributed by atoms with Crippen molar-refractivity contribution in [1.29, 1.82) is 0 Å². The molecule has 1 aliphatic heterocycles. The second-order valence-corrected chi connectivity index (χ2v) is 8.45. The van der Waals surface area contributed by atoms with E-state index in [4.69, 9.17) is 0 Å². The summed E-state index contributed by atoms with van der Waals surface area (Å²) in [6.07, 6.45) is 0.999. The Morgan fingerprint density at radius 3 is 2.46 bits per heavy atom. The summed E-state index contributed by atoms with van der Waals surface area (Å²) in [6, 6.07) is 6.59. The van der Waals surface area contributed by atoms with Crippen LogP contribution < -0.4 is 10.2 Å². The summed E-state index contributed by atoms with van der Waals surface area (Å²) in [6.45, 7) is 13.5. The van der Waals surface area contributed by atoms with Gasteiger partial charge >= 0.3 is 0 Å². The number of rotatable bonds is 4. The van der Waals surface area contributed by atoms with E-state index in [1.54, 1.807) is 11.3 Å². The largest absolute Gasteiger partial charge is 0.368 e. The highest BCUT2D eigenvalue weighted by Gasteiger charge is 2.21. The highest BCUT2D eigenvalue weighted by Crippen LogP contribution is 2.24. The van der Waals surface area contributed by atoms with Gasteiger partial charge in [0.05, 0.1) is 10.7 Å². The molecule has 7 heteroatoms. The van der Waals surface area contributed by atoms with Crippen molar-refractivity contribution in [3.8, 4) is 0 Å². The number of guanidine groups is 1. The fourth-order valence-electron chi connectivity index (χ4n) is 3.66. The van der Waals surface area contributed by atoms with Crippen molar-refractivity contribution in [2.24, 2.45) is 4.99 Å². The van der Waals surface area contributed by atoms with Gasteiger partial charge in [-0.15, -0.1) is 35.3 Å². The highest BCUT2D eigenvalue weighted by atomic mass is 127. The minimum absolute atomic E-state index is 0. The van der Waals surface area contributed by atoms with Crippen LogP contribution >= 0.6 is 35.3 Å². The number of benzene rings is 1. The number of aromatic nitrogens is 1. The van der Waals surface area contributed by atoms with Gasteiger partial charge in [0.2, 0.25) is 0 Å². The highest BCUT2D eigenvalue weighted by molar-refractivity contribution is 14.0. The third-order valence-electron chi connectivity index (χ3n) is 5.34.